The molecule has 0 aromatic heterocycles. The summed E-state index contributed by atoms with van der Waals surface area (Å²) < 4.78 is 5.30. The summed E-state index contributed by atoms with van der Waals surface area (Å²) in [5, 5.41) is 12.4. The highest BCUT2D eigenvalue weighted by molar-refractivity contribution is 5.51. The zero-order valence-electron chi connectivity index (χ0n) is 11.7. The Labute approximate surface area is 110 Å². The van der Waals surface area contributed by atoms with Gasteiger partial charge in [0.2, 0.25) is 0 Å². The van der Waals surface area contributed by atoms with E-state index in [2.05, 4.69) is 38.2 Å². The first-order valence-electron chi connectivity index (χ1n) is 6.42. The lowest BCUT2D eigenvalue weighted by molar-refractivity contribution is 0.410. The van der Waals surface area contributed by atoms with Crippen molar-refractivity contribution >= 4 is 5.69 Å². The van der Waals surface area contributed by atoms with Crippen LogP contribution in [0, 0.1) is 23.2 Å². The van der Waals surface area contributed by atoms with Crippen LogP contribution in [-0.2, 0) is 6.42 Å². The van der Waals surface area contributed by atoms with E-state index in [0.29, 0.717) is 12.5 Å². The van der Waals surface area contributed by atoms with Gasteiger partial charge in [-0.25, -0.2) is 0 Å². The minimum absolute atomic E-state index is 0.0391. The Morgan fingerprint density at radius 2 is 2.11 bits per heavy atom. The van der Waals surface area contributed by atoms with Crippen LogP contribution >= 0.6 is 0 Å². The quantitative estimate of drug-likeness (QED) is 0.836. The van der Waals surface area contributed by atoms with Crippen LogP contribution < -0.4 is 10.1 Å². The molecule has 98 valence electrons. The minimum atomic E-state index is 0.0391. The Hall–Kier alpha value is -1.69. The summed E-state index contributed by atoms with van der Waals surface area (Å²) in [4.78, 5) is 0. The zero-order chi connectivity index (χ0) is 13.5. The topological polar surface area (TPSA) is 45.0 Å². The van der Waals surface area contributed by atoms with Crippen LogP contribution in [0.3, 0.4) is 0 Å². The molecule has 0 bridgehead atoms. The summed E-state index contributed by atoms with van der Waals surface area (Å²) in [7, 11) is 1.69. The van der Waals surface area contributed by atoms with Crippen molar-refractivity contribution in [2.24, 2.45) is 11.8 Å². The number of ether oxygens (including phenoxy) is 1. The van der Waals surface area contributed by atoms with E-state index in [-0.39, 0.29) is 5.92 Å². The van der Waals surface area contributed by atoms with E-state index in [1.54, 1.807) is 7.11 Å². The van der Waals surface area contributed by atoms with Crippen molar-refractivity contribution in [1.29, 1.82) is 5.26 Å². The first-order valence-corrected chi connectivity index (χ1v) is 6.42. The SMILES string of the molecule is CCc1cc(NCC(C#N)C(C)C)ccc1OC. The van der Waals surface area contributed by atoms with E-state index in [4.69, 9.17) is 10.00 Å². The number of methoxy groups -OCH3 is 1. The second-order valence-electron chi connectivity index (χ2n) is 4.74. The maximum Gasteiger partial charge on any atom is 0.122 e. The first-order chi connectivity index (χ1) is 8.62. The van der Waals surface area contributed by atoms with Gasteiger partial charge < -0.3 is 10.1 Å². The lowest BCUT2D eigenvalue weighted by atomic mass is 9.97. The van der Waals surface area contributed by atoms with Gasteiger partial charge >= 0.3 is 0 Å². The van der Waals surface area contributed by atoms with Gasteiger partial charge in [-0.1, -0.05) is 20.8 Å². The van der Waals surface area contributed by atoms with E-state index in [0.717, 1.165) is 17.9 Å². The molecule has 0 saturated carbocycles. The third-order valence-electron chi connectivity index (χ3n) is 3.16. The smallest absolute Gasteiger partial charge is 0.122 e. The maximum absolute atomic E-state index is 9.05. The van der Waals surface area contributed by atoms with Crippen molar-refractivity contribution < 1.29 is 4.74 Å². The Morgan fingerprint density at radius 3 is 2.61 bits per heavy atom. The van der Waals surface area contributed by atoms with Crippen molar-refractivity contribution in [2.75, 3.05) is 19.0 Å². The zero-order valence-corrected chi connectivity index (χ0v) is 11.7. The average Bonchev–Trinajstić information content (AvgIpc) is 2.38. The molecular weight excluding hydrogens is 224 g/mol. The Balaban J connectivity index is 2.71. The summed E-state index contributed by atoms with van der Waals surface area (Å²) >= 11 is 0. The number of benzene rings is 1. The molecule has 0 saturated heterocycles. The largest absolute Gasteiger partial charge is 0.496 e. The van der Waals surface area contributed by atoms with Gasteiger partial charge in [-0.3, -0.25) is 0 Å². The Kier molecular flexibility index (Phi) is 5.51. The molecule has 0 spiro atoms. The lowest BCUT2D eigenvalue weighted by Gasteiger charge is -2.16. The monoisotopic (exact) mass is 246 g/mol. The van der Waals surface area contributed by atoms with Crippen LogP contribution in [0.4, 0.5) is 5.69 Å². The highest BCUT2D eigenvalue weighted by atomic mass is 16.5. The summed E-state index contributed by atoms with van der Waals surface area (Å²) in [5.41, 5.74) is 2.23. The van der Waals surface area contributed by atoms with Gasteiger partial charge in [-0.15, -0.1) is 0 Å². The number of nitrogens with one attached hydrogen (secondary N) is 1. The lowest BCUT2D eigenvalue weighted by Crippen LogP contribution is -2.17. The number of hydrogen-bond acceptors (Lipinski definition) is 3. The number of nitrogens with zero attached hydrogens (tertiary/aromatic N) is 1. The molecule has 1 atom stereocenters. The minimum Gasteiger partial charge on any atom is -0.496 e. The van der Waals surface area contributed by atoms with Crippen LogP contribution in [0.2, 0.25) is 0 Å². The van der Waals surface area contributed by atoms with Gasteiger partial charge in [0.15, 0.2) is 0 Å². The molecule has 0 aliphatic heterocycles. The highest BCUT2D eigenvalue weighted by Gasteiger charge is 2.12. The number of rotatable bonds is 6. The fourth-order valence-electron chi connectivity index (χ4n) is 1.82. The van der Waals surface area contributed by atoms with E-state index in [1.807, 2.05) is 12.1 Å². The molecule has 1 aromatic carbocycles. The molecule has 3 heteroatoms. The number of anilines is 1. The molecule has 1 unspecified atom stereocenters. The van der Waals surface area contributed by atoms with E-state index >= 15 is 0 Å². The Bertz CT molecular complexity index is 421. The fraction of sp³-hybridized carbons (Fsp3) is 0.533. The molecule has 1 rings (SSSR count). The van der Waals surface area contributed by atoms with Gasteiger partial charge in [-0.05, 0) is 36.1 Å². The first kappa shape index (κ1) is 14.4. The number of nitriles is 1. The fourth-order valence-corrected chi connectivity index (χ4v) is 1.82. The Morgan fingerprint density at radius 1 is 1.39 bits per heavy atom. The number of aryl methyl sites for hydroxylation is 1. The van der Waals surface area contributed by atoms with Crippen molar-refractivity contribution in [2.45, 2.75) is 27.2 Å². The van der Waals surface area contributed by atoms with E-state index < -0.39 is 0 Å². The number of hydrogen-bond donors (Lipinski definition) is 1. The summed E-state index contributed by atoms with van der Waals surface area (Å²) in [5.74, 6) is 1.33. The van der Waals surface area contributed by atoms with Crippen LogP contribution in [0.5, 0.6) is 5.75 Å². The molecule has 3 nitrogen and oxygen atoms in total. The van der Waals surface area contributed by atoms with Gasteiger partial charge in [0.05, 0.1) is 19.1 Å². The molecule has 18 heavy (non-hydrogen) atoms. The third kappa shape index (κ3) is 3.66. The molecule has 0 aliphatic rings. The molecule has 0 radical (unpaired) electrons. The standard InChI is InChI=1S/C15H22N2O/c1-5-12-8-14(6-7-15(12)18-4)17-10-13(9-16)11(2)3/h6-8,11,13,17H,5,10H2,1-4H3. The molecule has 0 aliphatic carbocycles. The predicted octanol–water partition coefficient (Wildman–Crippen LogP) is 3.47. The van der Waals surface area contributed by atoms with Crippen molar-refractivity contribution in [3.05, 3.63) is 23.8 Å². The van der Waals surface area contributed by atoms with Crippen molar-refractivity contribution in [1.82, 2.24) is 0 Å². The van der Waals surface area contributed by atoms with Crippen LogP contribution in [0.1, 0.15) is 26.3 Å². The average molecular weight is 246 g/mol. The molecule has 1 N–H and O–H groups in total. The van der Waals surface area contributed by atoms with E-state index in [1.165, 1.54) is 5.56 Å². The molecule has 0 fully saturated rings. The molecule has 0 heterocycles. The van der Waals surface area contributed by atoms with Crippen LogP contribution in [0.25, 0.3) is 0 Å². The second kappa shape index (κ2) is 6.90. The second-order valence-corrected chi connectivity index (χ2v) is 4.74. The highest BCUT2D eigenvalue weighted by Crippen LogP contribution is 2.23. The van der Waals surface area contributed by atoms with E-state index in [9.17, 15) is 0 Å². The van der Waals surface area contributed by atoms with Crippen molar-refractivity contribution in [3.8, 4) is 11.8 Å². The van der Waals surface area contributed by atoms with Crippen LogP contribution in [0.15, 0.2) is 18.2 Å². The van der Waals surface area contributed by atoms with Gasteiger partial charge in [0.25, 0.3) is 0 Å². The predicted molar refractivity (Wildman–Crippen MR) is 74.8 cm³/mol. The maximum atomic E-state index is 9.05. The third-order valence-corrected chi connectivity index (χ3v) is 3.16. The molecule has 0 amide bonds. The van der Waals surface area contributed by atoms with Gasteiger partial charge in [0, 0.05) is 12.2 Å². The van der Waals surface area contributed by atoms with Crippen molar-refractivity contribution in [3.63, 3.8) is 0 Å². The van der Waals surface area contributed by atoms with Gasteiger partial charge in [0.1, 0.15) is 5.75 Å². The normalized spacial score (nSPS) is 12.0. The summed E-state index contributed by atoms with van der Waals surface area (Å²) in [6, 6.07) is 8.39. The van der Waals surface area contributed by atoms with Gasteiger partial charge in [-0.2, -0.15) is 5.26 Å². The summed E-state index contributed by atoms with van der Waals surface area (Å²) in [6.45, 7) is 6.93. The van der Waals surface area contributed by atoms with Crippen LogP contribution in [-0.4, -0.2) is 13.7 Å². The summed E-state index contributed by atoms with van der Waals surface area (Å²) in [6.07, 6.45) is 0.935. The molecular formula is C15H22N2O. The molecule has 1 aromatic rings.